The molecular weight excluding hydrogens is 292 g/mol. The molecule has 1 aromatic rings. The highest BCUT2D eigenvalue weighted by Gasteiger charge is 2.06. The molecule has 1 aromatic carbocycles. The van der Waals surface area contributed by atoms with Crippen molar-refractivity contribution >= 4 is 28.9 Å². The number of methoxy groups -OCH3 is 1. The van der Waals surface area contributed by atoms with Crippen LogP contribution in [0.15, 0.2) is 42.7 Å². The van der Waals surface area contributed by atoms with E-state index in [2.05, 4.69) is 11.9 Å². The third-order valence-electron chi connectivity index (χ3n) is 2.41. The first-order valence-electron chi connectivity index (χ1n) is 6.09. The zero-order valence-corrected chi connectivity index (χ0v) is 12.7. The van der Waals surface area contributed by atoms with Gasteiger partial charge in [-0.05, 0) is 31.2 Å². The van der Waals surface area contributed by atoms with E-state index in [0.717, 1.165) is 6.08 Å². The van der Waals surface area contributed by atoms with Crippen molar-refractivity contribution in [3.63, 3.8) is 0 Å². The first-order valence-corrected chi connectivity index (χ1v) is 6.47. The van der Waals surface area contributed by atoms with Crippen molar-refractivity contribution in [2.24, 2.45) is 0 Å². The molecule has 0 saturated carbocycles. The number of halogens is 1. The van der Waals surface area contributed by atoms with Crippen LogP contribution in [0.1, 0.15) is 12.5 Å². The molecule has 0 aromatic heterocycles. The van der Waals surface area contributed by atoms with Crippen LogP contribution in [0.3, 0.4) is 0 Å². The SMILES string of the molecule is C=CC(=O)Nc1cc(Cl)cc(C(=N)/C=C(\C)OCOC)c1. The summed E-state index contributed by atoms with van der Waals surface area (Å²) in [5.74, 6) is 0.198. The normalized spacial score (nSPS) is 10.9. The summed E-state index contributed by atoms with van der Waals surface area (Å²) in [7, 11) is 1.52. The van der Waals surface area contributed by atoms with Gasteiger partial charge >= 0.3 is 0 Å². The molecule has 0 aliphatic rings. The predicted molar refractivity (Wildman–Crippen MR) is 83.8 cm³/mol. The van der Waals surface area contributed by atoms with Gasteiger partial charge in [-0.1, -0.05) is 18.2 Å². The number of hydrogen-bond donors (Lipinski definition) is 2. The lowest BCUT2D eigenvalue weighted by Gasteiger charge is -2.08. The van der Waals surface area contributed by atoms with E-state index in [0.29, 0.717) is 22.0 Å². The van der Waals surface area contributed by atoms with E-state index in [1.807, 2.05) is 0 Å². The van der Waals surface area contributed by atoms with Gasteiger partial charge in [-0.2, -0.15) is 0 Å². The molecule has 21 heavy (non-hydrogen) atoms. The first kappa shape index (κ1) is 16.9. The van der Waals surface area contributed by atoms with Crippen LogP contribution in [0.5, 0.6) is 0 Å². The number of hydrogen-bond acceptors (Lipinski definition) is 4. The number of nitrogens with one attached hydrogen (secondary N) is 2. The van der Waals surface area contributed by atoms with Crippen LogP contribution in [-0.2, 0) is 14.3 Å². The molecule has 5 nitrogen and oxygen atoms in total. The van der Waals surface area contributed by atoms with Gasteiger partial charge in [-0.3, -0.25) is 4.79 Å². The fourth-order valence-corrected chi connectivity index (χ4v) is 1.73. The van der Waals surface area contributed by atoms with Crippen molar-refractivity contribution in [2.45, 2.75) is 6.92 Å². The molecule has 0 spiro atoms. The van der Waals surface area contributed by atoms with Crippen LogP contribution in [-0.4, -0.2) is 25.5 Å². The third-order valence-corrected chi connectivity index (χ3v) is 2.63. The summed E-state index contributed by atoms with van der Waals surface area (Å²) >= 11 is 6.00. The van der Waals surface area contributed by atoms with Crippen molar-refractivity contribution in [1.29, 1.82) is 5.41 Å². The average Bonchev–Trinajstić information content (AvgIpc) is 2.44. The van der Waals surface area contributed by atoms with Crippen molar-refractivity contribution in [3.05, 3.63) is 53.3 Å². The van der Waals surface area contributed by atoms with Crippen molar-refractivity contribution < 1.29 is 14.3 Å². The molecule has 6 heteroatoms. The minimum absolute atomic E-state index is 0.117. The molecule has 1 amide bonds. The Morgan fingerprint density at radius 2 is 2.19 bits per heavy atom. The number of ether oxygens (including phenoxy) is 2. The quantitative estimate of drug-likeness (QED) is 0.351. The van der Waals surface area contributed by atoms with Gasteiger partial charge in [0.15, 0.2) is 6.79 Å². The highest BCUT2D eigenvalue weighted by molar-refractivity contribution is 6.31. The smallest absolute Gasteiger partial charge is 0.247 e. The Hall–Kier alpha value is -2.11. The first-order chi connectivity index (χ1) is 9.96. The van der Waals surface area contributed by atoms with Crippen LogP contribution in [0, 0.1) is 5.41 Å². The number of carbonyl (C=O) groups excluding carboxylic acids is 1. The molecule has 0 unspecified atom stereocenters. The minimum Gasteiger partial charge on any atom is -0.472 e. The largest absolute Gasteiger partial charge is 0.472 e. The van der Waals surface area contributed by atoms with Gasteiger partial charge in [0, 0.05) is 29.5 Å². The van der Waals surface area contributed by atoms with E-state index in [1.54, 1.807) is 31.2 Å². The fraction of sp³-hybridized carbons (Fsp3) is 0.200. The molecule has 0 heterocycles. The zero-order valence-electron chi connectivity index (χ0n) is 11.9. The summed E-state index contributed by atoms with van der Waals surface area (Å²) < 4.78 is 9.99. The molecule has 0 aliphatic carbocycles. The monoisotopic (exact) mass is 308 g/mol. The Kier molecular flexibility index (Phi) is 6.65. The summed E-state index contributed by atoms with van der Waals surface area (Å²) in [5, 5.41) is 11.0. The topological polar surface area (TPSA) is 71.4 Å². The lowest BCUT2D eigenvalue weighted by Crippen LogP contribution is -2.08. The summed E-state index contributed by atoms with van der Waals surface area (Å²) in [5.41, 5.74) is 1.26. The molecule has 1 rings (SSSR count). The minimum atomic E-state index is -0.343. The molecule has 112 valence electrons. The molecular formula is C15H17ClN2O3. The van der Waals surface area contributed by atoms with Gasteiger partial charge in [-0.15, -0.1) is 0 Å². The second-order valence-corrected chi connectivity index (χ2v) is 4.58. The number of benzene rings is 1. The van der Waals surface area contributed by atoms with Crippen molar-refractivity contribution in [1.82, 2.24) is 0 Å². The Balaban J connectivity index is 2.94. The number of carbonyl (C=O) groups is 1. The number of allylic oxidation sites excluding steroid dienone is 2. The van der Waals surface area contributed by atoms with E-state index in [-0.39, 0.29) is 18.4 Å². The predicted octanol–water partition coefficient (Wildman–Crippen LogP) is 3.36. The lowest BCUT2D eigenvalue weighted by atomic mass is 10.1. The third kappa shape index (κ3) is 5.81. The van der Waals surface area contributed by atoms with Crippen LogP contribution in [0.2, 0.25) is 5.02 Å². The van der Waals surface area contributed by atoms with Crippen molar-refractivity contribution in [2.75, 3.05) is 19.2 Å². The molecule has 0 atom stereocenters. The van der Waals surface area contributed by atoms with Gasteiger partial charge in [-0.25, -0.2) is 0 Å². The molecule has 2 N–H and O–H groups in total. The second-order valence-electron chi connectivity index (χ2n) is 4.14. The van der Waals surface area contributed by atoms with Crippen molar-refractivity contribution in [3.8, 4) is 0 Å². The Morgan fingerprint density at radius 1 is 1.48 bits per heavy atom. The van der Waals surface area contributed by atoms with E-state index >= 15 is 0 Å². The molecule has 0 bridgehead atoms. The summed E-state index contributed by atoms with van der Waals surface area (Å²) in [6.07, 6.45) is 2.71. The van der Waals surface area contributed by atoms with Crippen LogP contribution in [0.4, 0.5) is 5.69 Å². The highest BCUT2D eigenvalue weighted by atomic mass is 35.5. The number of anilines is 1. The second kappa shape index (κ2) is 8.24. The standard InChI is InChI=1S/C15H17ClN2O3/c1-4-15(19)18-13-7-11(6-12(16)8-13)14(17)5-10(2)21-9-20-3/h4-8,17H,1,9H2,2-3H3,(H,18,19)/b10-5+,17-14?. The zero-order chi connectivity index (χ0) is 15.8. The van der Waals surface area contributed by atoms with Crippen LogP contribution in [0.25, 0.3) is 0 Å². The number of rotatable bonds is 7. The summed E-state index contributed by atoms with van der Waals surface area (Å²) in [6.45, 7) is 5.22. The maximum Gasteiger partial charge on any atom is 0.247 e. The molecule has 0 aliphatic heterocycles. The molecule has 0 fully saturated rings. The van der Waals surface area contributed by atoms with Crippen LogP contribution >= 0.6 is 11.6 Å². The van der Waals surface area contributed by atoms with Gasteiger partial charge in [0.2, 0.25) is 5.91 Å². The van der Waals surface area contributed by atoms with Gasteiger partial charge < -0.3 is 20.2 Å². The van der Waals surface area contributed by atoms with Gasteiger partial charge in [0.1, 0.15) is 0 Å². The van der Waals surface area contributed by atoms with Gasteiger partial charge in [0.25, 0.3) is 0 Å². The summed E-state index contributed by atoms with van der Waals surface area (Å²) in [6, 6.07) is 4.88. The van der Waals surface area contributed by atoms with Gasteiger partial charge in [0.05, 0.1) is 11.5 Å². The van der Waals surface area contributed by atoms with E-state index in [9.17, 15) is 4.79 Å². The van der Waals surface area contributed by atoms with E-state index in [1.165, 1.54) is 7.11 Å². The molecule has 0 radical (unpaired) electrons. The Morgan fingerprint density at radius 3 is 2.81 bits per heavy atom. The Labute approximate surface area is 128 Å². The molecule has 0 saturated heterocycles. The highest BCUT2D eigenvalue weighted by Crippen LogP contribution is 2.20. The Bertz CT molecular complexity index is 582. The van der Waals surface area contributed by atoms with Crippen LogP contribution < -0.4 is 5.32 Å². The maximum atomic E-state index is 11.3. The van der Waals surface area contributed by atoms with E-state index < -0.39 is 0 Å². The lowest BCUT2D eigenvalue weighted by molar-refractivity contribution is -0.111. The fourth-order valence-electron chi connectivity index (χ4n) is 1.49. The van der Waals surface area contributed by atoms with E-state index in [4.69, 9.17) is 26.5 Å². The average molecular weight is 309 g/mol. The number of amides is 1. The summed E-state index contributed by atoms with van der Waals surface area (Å²) in [4.78, 5) is 11.3. The maximum absolute atomic E-state index is 11.3.